The number of nitrogens with two attached hydrogens (primary N) is 1. The predicted octanol–water partition coefficient (Wildman–Crippen LogP) is 2.22. The van der Waals surface area contributed by atoms with Crippen molar-refractivity contribution in [3.8, 4) is 22.9 Å². The molecule has 1 aliphatic rings. The summed E-state index contributed by atoms with van der Waals surface area (Å²) in [6, 6.07) is 5.84. The van der Waals surface area contributed by atoms with Gasteiger partial charge in [-0.15, -0.1) is 0 Å². The molecular formula is C24H31N9O2. The molecule has 4 aromatic rings. The molecule has 2 atom stereocenters. The number of rotatable bonds is 7. The summed E-state index contributed by atoms with van der Waals surface area (Å²) in [4.78, 5) is 19.3. The highest BCUT2D eigenvalue weighted by atomic mass is 16.5. The Morgan fingerprint density at radius 1 is 1.23 bits per heavy atom. The Hall–Kier alpha value is -3.57. The first-order valence-electron chi connectivity index (χ1n) is 12.0. The van der Waals surface area contributed by atoms with E-state index in [0.29, 0.717) is 41.9 Å². The van der Waals surface area contributed by atoms with Crippen LogP contribution in [0.25, 0.3) is 33.8 Å². The van der Waals surface area contributed by atoms with E-state index in [4.69, 9.17) is 15.5 Å². The normalized spacial score (nSPS) is 19.0. The van der Waals surface area contributed by atoms with Gasteiger partial charge >= 0.3 is 0 Å². The minimum absolute atomic E-state index is 0.210. The molecule has 0 saturated carbocycles. The minimum atomic E-state index is -0.507. The molecule has 3 N–H and O–H groups in total. The van der Waals surface area contributed by atoms with Crippen LogP contribution in [0.4, 0.5) is 0 Å². The molecule has 11 nitrogen and oxygen atoms in total. The van der Waals surface area contributed by atoms with Crippen molar-refractivity contribution in [2.45, 2.75) is 52.9 Å². The van der Waals surface area contributed by atoms with Gasteiger partial charge in [-0.3, -0.25) is 24.2 Å². The number of hydrogen-bond donors (Lipinski definition) is 2. The van der Waals surface area contributed by atoms with E-state index in [1.165, 1.54) is 0 Å². The SMILES string of the molecule is CCn1nc(C)cc1-c1nc(-c2cc(C(N)=O)cc3c2cnn3CCN2C[C@H](C)OC[C@@H]2C)n[nH]1. The van der Waals surface area contributed by atoms with Crippen LogP contribution in [0, 0.1) is 6.92 Å². The minimum Gasteiger partial charge on any atom is -0.376 e. The van der Waals surface area contributed by atoms with Crippen molar-refractivity contribution in [3.05, 3.63) is 35.7 Å². The maximum absolute atomic E-state index is 12.2. The van der Waals surface area contributed by atoms with Crippen molar-refractivity contribution in [1.82, 2.24) is 39.6 Å². The van der Waals surface area contributed by atoms with Crippen LogP contribution in [-0.2, 0) is 17.8 Å². The lowest BCUT2D eigenvalue weighted by Gasteiger charge is -2.36. The Kier molecular flexibility index (Phi) is 6.12. The molecule has 1 saturated heterocycles. The molecule has 11 heteroatoms. The van der Waals surface area contributed by atoms with Crippen LogP contribution < -0.4 is 5.73 Å². The van der Waals surface area contributed by atoms with E-state index >= 15 is 0 Å². The van der Waals surface area contributed by atoms with Crippen LogP contribution in [0.1, 0.15) is 36.8 Å². The Morgan fingerprint density at radius 2 is 2.06 bits per heavy atom. The summed E-state index contributed by atoms with van der Waals surface area (Å²) in [5.41, 5.74) is 9.37. The van der Waals surface area contributed by atoms with Gasteiger partial charge in [0.1, 0.15) is 5.69 Å². The number of benzene rings is 1. The van der Waals surface area contributed by atoms with Crippen LogP contribution >= 0.6 is 0 Å². The van der Waals surface area contributed by atoms with Crippen LogP contribution in [0.2, 0.25) is 0 Å². The highest BCUT2D eigenvalue weighted by Gasteiger charge is 2.24. The van der Waals surface area contributed by atoms with Crippen molar-refractivity contribution in [3.63, 3.8) is 0 Å². The number of ether oxygens (including phenoxy) is 1. The number of hydrogen-bond acceptors (Lipinski definition) is 7. The van der Waals surface area contributed by atoms with Gasteiger partial charge < -0.3 is 10.5 Å². The van der Waals surface area contributed by atoms with Crippen LogP contribution in [0.5, 0.6) is 0 Å². The van der Waals surface area contributed by atoms with Gasteiger partial charge in [0.2, 0.25) is 5.91 Å². The number of amides is 1. The average molecular weight is 478 g/mol. The first-order valence-corrected chi connectivity index (χ1v) is 12.0. The summed E-state index contributed by atoms with van der Waals surface area (Å²) >= 11 is 0. The number of fused-ring (bicyclic) bond motifs is 1. The molecule has 1 amide bonds. The van der Waals surface area contributed by atoms with Gasteiger partial charge in [-0.05, 0) is 45.9 Å². The van der Waals surface area contributed by atoms with E-state index in [1.807, 2.05) is 29.3 Å². The number of aromatic nitrogens is 7. The first kappa shape index (κ1) is 23.2. The van der Waals surface area contributed by atoms with Gasteiger partial charge in [0.25, 0.3) is 0 Å². The highest BCUT2D eigenvalue weighted by molar-refractivity contribution is 6.02. The molecule has 1 aromatic carbocycles. The molecular weight excluding hydrogens is 446 g/mol. The Morgan fingerprint density at radius 3 is 2.83 bits per heavy atom. The fourth-order valence-electron chi connectivity index (χ4n) is 4.66. The first-order chi connectivity index (χ1) is 16.8. The van der Waals surface area contributed by atoms with Crippen molar-refractivity contribution in [2.24, 2.45) is 5.73 Å². The number of aromatic amines is 1. The van der Waals surface area contributed by atoms with Crippen LogP contribution in [-0.4, -0.2) is 77.4 Å². The lowest BCUT2D eigenvalue weighted by molar-refractivity contribution is -0.0503. The number of H-pyrrole nitrogens is 1. The standard InChI is InChI=1S/C24H31N9O2/c1-5-32-21(8-14(2)30-32)24-27-23(28-29-24)18-9-17(22(25)34)10-20-19(18)11-26-33(20)7-6-31-12-16(4)35-13-15(31)3/h8-11,15-16H,5-7,12-13H2,1-4H3,(H2,25,34)(H,27,28,29)/t15-,16-/m0/s1. The van der Waals surface area contributed by atoms with Crippen molar-refractivity contribution in [2.75, 3.05) is 19.7 Å². The summed E-state index contributed by atoms with van der Waals surface area (Å²) in [6.45, 7) is 12.1. The van der Waals surface area contributed by atoms with E-state index < -0.39 is 5.91 Å². The number of aryl methyl sites for hydroxylation is 2. The van der Waals surface area contributed by atoms with E-state index in [0.717, 1.165) is 42.0 Å². The monoisotopic (exact) mass is 477 g/mol. The summed E-state index contributed by atoms with van der Waals surface area (Å²) < 4.78 is 9.54. The number of morpholine rings is 1. The molecule has 5 rings (SSSR count). The molecule has 0 spiro atoms. The van der Waals surface area contributed by atoms with Gasteiger partial charge in [0, 0.05) is 42.2 Å². The third-order valence-corrected chi connectivity index (χ3v) is 6.55. The summed E-state index contributed by atoms with van der Waals surface area (Å²) in [5.74, 6) is 0.583. The van der Waals surface area contributed by atoms with Crippen molar-refractivity contribution < 1.29 is 9.53 Å². The maximum Gasteiger partial charge on any atom is 0.248 e. The van der Waals surface area contributed by atoms with Gasteiger partial charge in [-0.1, -0.05) is 0 Å². The second kappa shape index (κ2) is 9.23. The fraction of sp³-hybridized carbons (Fsp3) is 0.458. The smallest absolute Gasteiger partial charge is 0.248 e. The van der Waals surface area contributed by atoms with Crippen LogP contribution in [0.15, 0.2) is 24.4 Å². The Labute approximate surface area is 203 Å². The van der Waals surface area contributed by atoms with Crippen molar-refractivity contribution >= 4 is 16.8 Å². The molecule has 0 bridgehead atoms. The highest BCUT2D eigenvalue weighted by Crippen LogP contribution is 2.30. The van der Waals surface area contributed by atoms with Gasteiger partial charge in [-0.25, -0.2) is 4.98 Å². The van der Waals surface area contributed by atoms with Gasteiger partial charge in [-0.2, -0.15) is 15.3 Å². The summed E-state index contributed by atoms with van der Waals surface area (Å²) in [7, 11) is 0. The molecule has 184 valence electrons. The van der Waals surface area contributed by atoms with E-state index in [1.54, 1.807) is 18.3 Å². The average Bonchev–Trinajstić information content (AvgIpc) is 3.57. The maximum atomic E-state index is 12.2. The third kappa shape index (κ3) is 4.44. The molecule has 0 aliphatic carbocycles. The third-order valence-electron chi connectivity index (χ3n) is 6.55. The number of carbonyl (C=O) groups is 1. The number of primary amides is 1. The molecule has 1 fully saturated rings. The molecule has 1 aliphatic heterocycles. The summed E-state index contributed by atoms with van der Waals surface area (Å²) in [6.07, 6.45) is 2.01. The van der Waals surface area contributed by atoms with E-state index in [9.17, 15) is 4.79 Å². The van der Waals surface area contributed by atoms with Gasteiger partial charge in [0.15, 0.2) is 11.6 Å². The predicted molar refractivity (Wildman–Crippen MR) is 132 cm³/mol. The second-order valence-corrected chi connectivity index (χ2v) is 9.17. The zero-order valence-corrected chi connectivity index (χ0v) is 20.5. The quantitative estimate of drug-likeness (QED) is 0.417. The van der Waals surface area contributed by atoms with E-state index in [-0.39, 0.29) is 6.10 Å². The van der Waals surface area contributed by atoms with E-state index in [2.05, 4.69) is 39.1 Å². The second-order valence-electron chi connectivity index (χ2n) is 9.17. The zero-order valence-electron chi connectivity index (χ0n) is 20.5. The van der Waals surface area contributed by atoms with Gasteiger partial charge in [0.05, 0.1) is 36.7 Å². The summed E-state index contributed by atoms with van der Waals surface area (Å²) in [5, 5.41) is 17.5. The fourth-order valence-corrected chi connectivity index (χ4v) is 4.66. The zero-order chi connectivity index (χ0) is 24.7. The van der Waals surface area contributed by atoms with Crippen LogP contribution in [0.3, 0.4) is 0 Å². The largest absolute Gasteiger partial charge is 0.376 e. The topological polar surface area (TPSA) is 133 Å². The Balaban J connectivity index is 1.50. The molecule has 0 radical (unpaired) electrons. The molecule has 3 aromatic heterocycles. The lowest BCUT2D eigenvalue weighted by atomic mass is 10.0. The Bertz CT molecular complexity index is 1370. The number of nitrogens with zero attached hydrogens (tertiary/aromatic N) is 7. The molecule has 35 heavy (non-hydrogen) atoms. The molecule has 4 heterocycles. The molecule has 0 unspecified atom stereocenters. The lowest BCUT2D eigenvalue weighted by Crippen LogP contribution is -2.48. The number of nitrogens with one attached hydrogen (secondary N) is 1. The number of carbonyl (C=O) groups excluding carboxylic acids is 1. The van der Waals surface area contributed by atoms with Crippen molar-refractivity contribution in [1.29, 1.82) is 0 Å².